The molecule has 0 bridgehead atoms. The summed E-state index contributed by atoms with van der Waals surface area (Å²) in [6.07, 6.45) is 2.49. The molecule has 0 unspecified atom stereocenters. The maximum Gasteiger partial charge on any atom is 0.276 e. The van der Waals surface area contributed by atoms with Crippen LogP contribution in [0.1, 0.15) is 11.7 Å². The molecule has 0 spiro atoms. The van der Waals surface area contributed by atoms with Crippen LogP contribution in [0.25, 0.3) is 16.8 Å². The number of hydrogen-bond acceptors (Lipinski definition) is 3. The lowest BCUT2D eigenvalue weighted by molar-refractivity contribution is 0.155. The molecule has 2 heterocycles. The van der Waals surface area contributed by atoms with E-state index in [0.29, 0.717) is 11.2 Å². The van der Waals surface area contributed by atoms with Gasteiger partial charge in [0.05, 0.1) is 18.3 Å². The number of aliphatic hydroxyl groups is 1. The first-order chi connectivity index (χ1) is 12.6. The predicted molar refractivity (Wildman–Crippen MR) is 96.2 cm³/mol. The van der Waals surface area contributed by atoms with Gasteiger partial charge in [0.2, 0.25) is 0 Å². The fourth-order valence-electron chi connectivity index (χ4n) is 2.90. The van der Waals surface area contributed by atoms with Gasteiger partial charge in [-0.15, -0.1) is 0 Å². The van der Waals surface area contributed by atoms with Crippen molar-refractivity contribution in [3.63, 3.8) is 0 Å². The lowest BCUT2D eigenvalue weighted by Crippen LogP contribution is -2.24. The zero-order chi connectivity index (χ0) is 18.1. The number of benzene rings is 2. The van der Waals surface area contributed by atoms with Crippen LogP contribution < -0.4 is 5.56 Å². The van der Waals surface area contributed by atoms with E-state index in [1.54, 1.807) is 30.6 Å². The maximum absolute atomic E-state index is 13.1. The standard InChI is InChI=1S/C20H16FN3O2/c21-16-8-6-14(7-9-16)17-12-18-20(26)23(10-11-24(18)22-17)13-19(25)15-4-2-1-3-5-15/h1-12,19,25H,13H2/t19-/m1/s1. The molecule has 1 atom stereocenters. The van der Waals surface area contributed by atoms with Crippen molar-refractivity contribution in [2.24, 2.45) is 0 Å². The fraction of sp³-hybridized carbons (Fsp3) is 0.100. The average Bonchev–Trinajstić information content (AvgIpc) is 3.10. The van der Waals surface area contributed by atoms with Crippen molar-refractivity contribution in [2.75, 3.05) is 0 Å². The number of aliphatic hydroxyl groups excluding tert-OH is 1. The highest BCUT2D eigenvalue weighted by Crippen LogP contribution is 2.19. The summed E-state index contributed by atoms with van der Waals surface area (Å²) in [5.41, 5.74) is 2.21. The molecule has 4 aromatic rings. The first-order valence-corrected chi connectivity index (χ1v) is 8.19. The molecule has 4 rings (SSSR count). The summed E-state index contributed by atoms with van der Waals surface area (Å²) in [6.45, 7) is 0.149. The molecule has 2 aromatic heterocycles. The fourth-order valence-corrected chi connectivity index (χ4v) is 2.90. The maximum atomic E-state index is 13.1. The number of halogens is 1. The minimum absolute atomic E-state index is 0.149. The van der Waals surface area contributed by atoms with Crippen LogP contribution in [-0.2, 0) is 6.54 Å². The van der Waals surface area contributed by atoms with Crippen molar-refractivity contribution in [1.29, 1.82) is 0 Å². The molecule has 0 aliphatic carbocycles. The zero-order valence-corrected chi connectivity index (χ0v) is 13.8. The SMILES string of the molecule is O=c1c2cc(-c3ccc(F)cc3)nn2ccn1C[C@@H](O)c1ccccc1. The van der Waals surface area contributed by atoms with Gasteiger partial charge < -0.3 is 9.67 Å². The molecule has 0 radical (unpaired) electrons. The molecule has 5 nitrogen and oxygen atoms in total. The molecule has 0 amide bonds. The summed E-state index contributed by atoms with van der Waals surface area (Å²) in [5.74, 6) is -0.324. The van der Waals surface area contributed by atoms with E-state index in [1.165, 1.54) is 21.2 Å². The lowest BCUT2D eigenvalue weighted by atomic mass is 10.1. The predicted octanol–water partition coefficient (Wildman–Crippen LogP) is 3.04. The van der Waals surface area contributed by atoms with E-state index in [2.05, 4.69) is 5.10 Å². The largest absolute Gasteiger partial charge is 0.387 e. The van der Waals surface area contributed by atoms with Crippen LogP contribution in [0.5, 0.6) is 0 Å². The molecule has 0 saturated carbocycles. The second-order valence-corrected chi connectivity index (χ2v) is 6.05. The van der Waals surface area contributed by atoms with Gasteiger partial charge in [0, 0.05) is 18.0 Å². The van der Waals surface area contributed by atoms with Crippen LogP contribution in [0.2, 0.25) is 0 Å². The van der Waals surface area contributed by atoms with Gasteiger partial charge >= 0.3 is 0 Å². The molecule has 0 aliphatic heterocycles. The Balaban J connectivity index is 1.69. The van der Waals surface area contributed by atoms with Gasteiger partial charge in [-0.05, 0) is 35.9 Å². The van der Waals surface area contributed by atoms with E-state index < -0.39 is 6.10 Å². The summed E-state index contributed by atoms with van der Waals surface area (Å²) >= 11 is 0. The van der Waals surface area contributed by atoms with E-state index >= 15 is 0 Å². The van der Waals surface area contributed by atoms with Crippen LogP contribution in [0.4, 0.5) is 4.39 Å². The third-order valence-corrected chi connectivity index (χ3v) is 4.30. The van der Waals surface area contributed by atoms with Crippen molar-refractivity contribution in [2.45, 2.75) is 12.6 Å². The Morgan fingerprint density at radius 2 is 1.77 bits per heavy atom. The summed E-state index contributed by atoms with van der Waals surface area (Å²) in [5, 5.41) is 14.7. The molecule has 0 saturated heterocycles. The average molecular weight is 349 g/mol. The lowest BCUT2D eigenvalue weighted by Gasteiger charge is -2.13. The van der Waals surface area contributed by atoms with E-state index in [-0.39, 0.29) is 17.9 Å². The Kier molecular flexibility index (Phi) is 4.10. The number of fused-ring (bicyclic) bond motifs is 1. The third-order valence-electron chi connectivity index (χ3n) is 4.30. The molecule has 130 valence electrons. The van der Waals surface area contributed by atoms with Crippen molar-refractivity contribution < 1.29 is 9.50 Å². The number of rotatable bonds is 4. The van der Waals surface area contributed by atoms with Gasteiger partial charge in [0.15, 0.2) is 0 Å². The number of nitrogens with zero attached hydrogens (tertiary/aromatic N) is 3. The normalized spacial score (nSPS) is 12.4. The van der Waals surface area contributed by atoms with E-state index in [0.717, 1.165) is 11.1 Å². The Labute approximate surface area is 148 Å². The molecule has 0 aliphatic rings. The highest BCUT2D eigenvalue weighted by molar-refractivity contribution is 5.65. The minimum atomic E-state index is -0.782. The Morgan fingerprint density at radius 1 is 1.04 bits per heavy atom. The molecule has 26 heavy (non-hydrogen) atoms. The van der Waals surface area contributed by atoms with Crippen LogP contribution >= 0.6 is 0 Å². The summed E-state index contributed by atoms with van der Waals surface area (Å²) < 4.78 is 16.0. The number of aromatic nitrogens is 3. The second-order valence-electron chi connectivity index (χ2n) is 6.05. The van der Waals surface area contributed by atoms with Crippen molar-refractivity contribution >= 4 is 5.52 Å². The monoisotopic (exact) mass is 349 g/mol. The van der Waals surface area contributed by atoms with Gasteiger partial charge in [0.1, 0.15) is 11.3 Å². The van der Waals surface area contributed by atoms with E-state index in [4.69, 9.17) is 0 Å². The minimum Gasteiger partial charge on any atom is -0.387 e. The molecular formula is C20H16FN3O2. The van der Waals surface area contributed by atoms with Crippen LogP contribution in [0, 0.1) is 5.82 Å². The van der Waals surface area contributed by atoms with Crippen LogP contribution in [0.3, 0.4) is 0 Å². The highest BCUT2D eigenvalue weighted by atomic mass is 19.1. The smallest absolute Gasteiger partial charge is 0.276 e. The molecular weight excluding hydrogens is 333 g/mol. The molecule has 0 fully saturated rings. The summed E-state index contributed by atoms with van der Waals surface area (Å²) in [7, 11) is 0. The van der Waals surface area contributed by atoms with Gasteiger partial charge in [0.25, 0.3) is 5.56 Å². The number of hydrogen-bond donors (Lipinski definition) is 1. The Bertz CT molecular complexity index is 1100. The van der Waals surface area contributed by atoms with Crippen LogP contribution in [-0.4, -0.2) is 19.3 Å². The van der Waals surface area contributed by atoms with Gasteiger partial charge in [-0.25, -0.2) is 8.91 Å². The van der Waals surface area contributed by atoms with Crippen molar-refractivity contribution in [1.82, 2.24) is 14.2 Å². The van der Waals surface area contributed by atoms with E-state index in [1.807, 2.05) is 30.3 Å². The third kappa shape index (κ3) is 3.02. The summed E-state index contributed by atoms with van der Waals surface area (Å²) in [4.78, 5) is 12.7. The molecule has 6 heteroatoms. The first-order valence-electron chi connectivity index (χ1n) is 8.19. The van der Waals surface area contributed by atoms with Crippen molar-refractivity contribution in [3.8, 4) is 11.3 Å². The van der Waals surface area contributed by atoms with Gasteiger partial charge in [-0.1, -0.05) is 30.3 Å². The quantitative estimate of drug-likeness (QED) is 0.616. The topological polar surface area (TPSA) is 59.5 Å². The first kappa shape index (κ1) is 16.2. The van der Waals surface area contributed by atoms with Gasteiger partial charge in [-0.3, -0.25) is 4.79 Å². The van der Waals surface area contributed by atoms with E-state index in [9.17, 15) is 14.3 Å². The zero-order valence-electron chi connectivity index (χ0n) is 13.8. The Hall–Kier alpha value is -3.25. The molecule has 1 N–H and O–H groups in total. The molecule has 2 aromatic carbocycles. The highest BCUT2D eigenvalue weighted by Gasteiger charge is 2.13. The second kappa shape index (κ2) is 6.57. The van der Waals surface area contributed by atoms with Gasteiger partial charge in [-0.2, -0.15) is 5.10 Å². The van der Waals surface area contributed by atoms with Crippen LogP contribution in [0.15, 0.2) is 77.9 Å². The Morgan fingerprint density at radius 3 is 2.50 bits per heavy atom. The summed E-state index contributed by atoms with van der Waals surface area (Å²) in [6, 6.07) is 16.8. The van der Waals surface area contributed by atoms with Crippen molar-refractivity contribution in [3.05, 3.63) is 94.8 Å².